The summed E-state index contributed by atoms with van der Waals surface area (Å²) in [5.41, 5.74) is 6.23. The standard InChI is InChI=1S/C10H11N5O2S/c1-6-13-7(5-18-6)4-12-10-8(15(16)17)2-3-9(11)14-10/h2-3,5H,4H2,1H3,(H3,11,12,14). The average molecular weight is 265 g/mol. The van der Waals surface area contributed by atoms with E-state index in [1.54, 1.807) is 0 Å². The lowest BCUT2D eigenvalue weighted by Crippen LogP contribution is -2.06. The van der Waals surface area contributed by atoms with Crippen LogP contribution in [-0.4, -0.2) is 14.9 Å². The highest BCUT2D eigenvalue weighted by atomic mass is 32.1. The zero-order valence-corrected chi connectivity index (χ0v) is 10.4. The monoisotopic (exact) mass is 265 g/mol. The average Bonchev–Trinajstić information content (AvgIpc) is 2.72. The Labute approximate surface area is 107 Å². The van der Waals surface area contributed by atoms with Crippen LogP contribution in [0.25, 0.3) is 0 Å². The Morgan fingerprint density at radius 2 is 2.28 bits per heavy atom. The van der Waals surface area contributed by atoms with Crippen LogP contribution in [0.3, 0.4) is 0 Å². The molecule has 2 rings (SSSR count). The highest BCUT2D eigenvalue weighted by Gasteiger charge is 2.15. The molecule has 0 aliphatic carbocycles. The fraction of sp³-hybridized carbons (Fsp3) is 0.200. The van der Waals surface area contributed by atoms with Gasteiger partial charge in [0.25, 0.3) is 0 Å². The van der Waals surface area contributed by atoms with Crippen LogP contribution in [0.1, 0.15) is 10.7 Å². The van der Waals surface area contributed by atoms with Gasteiger partial charge < -0.3 is 11.1 Å². The Balaban J connectivity index is 2.17. The van der Waals surface area contributed by atoms with Crippen molar-refractivity contribution in [2.45, 2.75) is 13.5 Å². The van der Waals surface area contributed by atoms with Crippen LogP contribution in [0.5, 0.6) is 0 Å². The number of nitrogens with two attached hydrogens (primary N) is 1. The maximum Gasteiger partial charge on any atom is 0.311 e. The van der Waals surface area contributed by atoms with Gasteiger partial charge in [-0.05, 0) is 13.0 Å². The lowest BCUT2D eigenvalue weighted by atomic mass is 10.3. The van der Waals surface area contributed by atoms with Gasteiger partial charge in [-0.15, -0.1) is 11.3 Å². The molecule has 2 aromatic rings. The van der Waals surface area contributed by atoms with E-state index < -0.39 is 4.92 Å². The number of hydrogen-bond acceptors (Lipinski definition) is 7. The number of pyridine rings is 1. The van der Waals surface area contributed by atoms with Gasteiger partial charge in [0.2, 0.25) is 5.82 Å². The number of aryl methyl sites for hydroxylation is 1. The van der Waals surface area contributed by atoms with Crippen LogP contribution < -0.4 is 11.1 Å². The van der Waals surface area contributed by atoms with E-state index in [1.807, 2.05) is 12.3 Å². The molecule has 0 aliphatic rings. The normalized spacial score (nSPS) is 10.3. The number of aromatic nitrogens is 2. The van der Waals surface area contributed by atoms with Crippen LogP contribution in [0.4, 0.5) is 17.3 Å². The summed E-state index contributed by atoms with van der Waals surface area (Å²) in [6.07, 6.45) is 0. The zero-order valence-electron chi connectivity index (χ0n) is 9.58. The van der Waals surface area contributed by atoms with Crippen LogP contribution in [0.15, 0.2) is 17.5 Å². The summed E-state index contributed by atoms with van der Waals surface area (Å²) >= 11 is 1.52. The SMILES string of the molecule is Cc1nc(CNc2nc(N)ccc2[N+](=O)[O-])cs1. The molecule has 94 valence electrons. The molecule has 0 bridgehead atoms. The van der Waals surface area contributed by atoms with E-state index >= 15 is 0 Å². The van der Waals surface area contributed by atoms with E-state index in [4.69, 9.17) is 5.73 Å². The van der Waals surface area contributed by atoms with Gasteiger partial charge in [0.05, 0.1) is 22.2 Å². The second kappa shape index (κ2) is 4.96. The molecule has 7 nitrogen and oxygen atoms in total. The van der Waals surface area contributed by atoms with Crippen molar-refractivity contribution in [1.82, 2.24) is 9.97 Å². The molecule has 0 aromatic carbocycles. The lowest BCUT2D eigenvalue weighted by molar-refractivity contribution is -0.384. The summed E-state index contributed by atoms with van der Waals surface area (Å²) in [4.78, 5) is 18.5. The number of hydrogen-bond donors (Lipinski definition) is 2. The van der Waals surface area contributed by atoms with Gasteiger partial charge in [-0.25, -0.2) is 9.97 Å². The van der Waals surface area contributed by atoms with Crippen molar-refractivity contribution in [3.8, 4) is 0 Å². The second-order valence-electron chi connectivity index (χ2n) is 3.57. The molecule has 0 saturated carbocycles. The first-order valence-electron chi connectivity index (χ1n) is 5.12. The molecule has 2 aromatic heterocycles. The van der Waals surface area contributed by atoms with E-state index in [9.17, 15) is 10.1 Å². The highest BCUT2D eigenvalue weighted by Crippen LogP contribution is 2.23. The van der Waals surface area contributed by atoms with Crippen molar-refractivity contribution >= 4 is 28.7 Å². The number of nitrogen functional groups attached to an aromatic ring is 1. The van der Waals surface area contributed by atoms with E-state index in [0.717, 1.165) is 10.7 Å². The van der Waals surface area contributed by atoms with E-state index in [2.05, 4.69) is 15.3 Å². The molecule has 0 atom stereocenters. The first-order valence-corrected chi connectivity index (χ1v) is 6.00. The Morgan fingerprint density at radius 3 is 2.89 bits per heavy atom. The maximum absolute atomic E-state index is 10.8. The third-order valence-electron chi connectivity index (χ3n) is 2.20. The zero-order chi connectivity index (χ0) is 13.1. The number of rotatable bonds is 4. The van der Waals surface area contributed by atoms with Gasteiger partial charge in [-0.2, -0.15) is 0 Å². The molecule has 0 aliphatic heterocycles. The van der Waals surface area contributed by atoms with Gasteiger partial charge in [0.1, 0.15) is 5.82 Å². The van der Waals surface area contributed by atoms with Crippen molar-refractivity contribution in [1.29, 1.82) is 0 Å². The van der Waals surface area contributed by atoms with Crippen LogP contribution in [-0.2, 0) is 6.54 Å². The van der Waals surface area contributed by atoms with Crippen LogP contribution in [0, 0.1) is 17.0 Å². The van der Waals surface area contributed by atoms with Gasteiger partial charge in [-0.1, -0.05) is 0 Å². The van der Waals surface area contributed by atoms with E-state index in [0.29, 0.717) is 6.54 Å². The molecule has 0 amide bonds. The summed E-state index contributed by atoms with van der Waals surface area (Å²) in [7, 11) is 0. The Kier molecular flexibility index (Phi) is 3.38. The van der Waals surface area contributed by atoms with Gasteiger partial charge in [-0.3, -0.25) is 10.1 Å². The molecule has 18 heavy (non-hydrogen) atoms. The number of nitrogens with zero attached hydrogens (tertiary/aromatic N) is 3. The topological polar surface area (TPSA) is 107 Å². The minimum atomic E-state index is -0.499. The maximum atomic E-state index is 10.8. The number of nitro groups is 1. The van der Waals surface area contributed by atoms with Crippen molar-refractivity contribution < 1.29 is 4.92 Å². The van der Waals surface area contributed by atoms with Gasteiger partial charge >= 0.3 is 5.69 Å². The fourth-order valence-corrected chi connectivity index (χ4v) is 2.02. The fourth-order valence-electron chi connectivity index (χ4n) is 1.41. The molecule has 0 saturated heterocycles. The summed E-state index contributed by atoms with van der Waals surface area (Å²) in [5.74, 6) is 0.392. The first-order chi connectivity index (χ1) is 8.56. The Bertz CT molecular complexity index is 583. The Morgan fingerprint density at radius 1 is 1.50 bits per heavy atom. The molecule has 8 heteroatoms. The summed E-state index contributed by atoms with van der Waals surface area (Å²) in [6.45, 7) is 2.27. The third-order valence-corrected chi connectivity index (χ3v) is 3.02. The predicted molar refractivity (Wildman–Crippen MR) is 69.5 cm³/mol. The molecule has 0 spiro atoms. The largest absolute Gasteiger partial charge is 0.384 e. The second-order valence-corrected chi connectivity index (χ2v) is 4.63. The summed E-state index contributed by atoms with van der Waals surface area (Å²) in [5, 5.41) is 16.5. The summed E-state index contributed by atoms with van der Waals surface area (Å²) < 4.78 is 0. The Hall–Kier alpha value is -2.22. The van der Waals surface area contributed by atoms with Gasteiger partial charge in [0.15, 0.2) is 0 Å². The number of thiazole rings is 1. The van der Waals surface area contributed by atoms with E-state index in [-0.39, 0.29) is 17.3 Å². The third kappa shape index (κ3) is 2.72. The van der Waals surface area contributed by atoms with Gasteiger partial charge in [0, 0.05) is 11.4 Å². The van der Waals surface area contributed by atoms with Crippen molar-refractivity contribution in [2.24, 2.45) is 0 Å². The van der Waals surface area contributed by atoms with Crippen molar-refractivity contribution in [3.05, 3.63) is 38.3 Å². The molecule has 0 radical (unpaired) electrons. The molecule has 2 heterocycles. The predicted octanol–water partition coefficient (Wildman–Crippen LogP) is 1.95. The lowest BCUT2D eigenvalue weighted by Gasteiger charge is -2.05. The molecule has 3 N–H and O–H groups in total. The molecular weight excluding hydrogens is 254 g/mol. The minimum Gasteiger partial charge on any atom is -0.384 e. The van der Waals surface area contributed by atoms with Crippen LogP contribution >= 0.6 is 11.3 Å². The van der Waals surface area contributed by atoms with Crippen molar-refractivity contribution in [3.63, 3.8) is 0 Å². The van der Waals surface area contributed by atoms with E-state index in [1.165, 1.54) is 23.5 Å². The number of nitrogens with one attached hydrogen (secondary N) is 1. The summed E-state index contributed by atoms with van der Waals surface area (Å²) in [6, 6.07) is 2.73. The molecule has 0 unspecified atom stereocenters. The quantitative estimate of drug-likeness (QED) is 0.646. The highest BCUT2D eigenvalue weighted by molar-refractivity contribution is 7.09. The number of anilines is 2. The minimum absolute atomic E-state index is 0.101. The van der Waals surface area contributed by atoms with Crippen LogP contribution in [0.2, 0.25) is 0 Å². The molecular formula is C10H11N5O2S. The molecule has 0 fully saturated rings. The smallest absolute Gasteiger partial charge is 0.311 e. The van der Waals surface area contributed by atoms with Crippen molar-refractivity contribution in [2.75, 3.05) is 11.1 Å². The first kappa shape index (κ1) is 12.2.